The fraction of sp³-hybridized carbons (Fsp3) is 0.235. The van der Waals surface area contributed by atoms with E-state index in [1.165, 1.54) is 35.6 Å². The number of ether oxygens (including phenoxy) is 1. The summed E-state index contributed by atoms with van der Waals surface area (Å²) < 4.78 is 35.4. The number of carbonyl (C=O) groups excluding carboxylic acids is 2. The van der Waals surface area contributed by atoms with E-state index in [-0.39, 0.29) is 30.4 Å². The van der Waals surface area contributed by atoms with Gasteiger partial charge in [0.2, 0.25) is 5.91 Å². The lowest BCUT2D eigenvalue weighted by Gasteiger charge is -2.22. The third-order valence-corrected chi connectivity index (χ3v) is 4.05. The molecule has 2 aromatic rings. The van der Waals surface area contributed by atoms with Crippen LogP contribution in [0.5, 0.6) is 0 Å². The molecule has 10 heteroatoms. The molecule has 142 valence electrons. The zero-order valence-electron chi connectivity index (χ0n) is 14.2. The SMILES string of the molecule is CC(=O)NCC1COC(=O)N1c1cc(F)c(-n2cnc(C=CCl)c2)c(F)c1. The molecule has 1 aromatic heterocycles. The first-order valence-corrected chi connectivity index (χ1v) is 8.35. The second kappa shape index (κ2) is 7.75. The predicted octanol–water partition coefficient (Wildman–Crippen LogP) is 2.82. The minimum atomic E-state index is -0.887. The van der Waals surface area contributed by atoms with E-state index >= 15 is 0 Å². The first-order valence-electron chi connectivity index (χ1n) is 7.91. The summed E-state index contributed by atoms with van der Waals surface area (Å²) >= 11 is 5.47. The molecule has 1 aromatic carbocycles. The van der Waals surface area contributed by atoms with Crippen molar-refractivity contribution in [3.63, 3.8) is 0 Å². The largest absolute Gasteiger partial charge is 0.447 e. The van der Waals surface area contributed by atoms with Crippen molar-refractivity contribution >= 4 is 35.4 Å². The Labute approximate surface area is 158 Å². The zero-order valence-corrected chi connectivity index (χ0v) is 14.9. The zero-order chi connectivity index (χ0) is 19.6. The number of nitrogens with zero attached hydrogens (tertiary/aromatic N) is 3. The van der Waals surface area contributed by atoms with Gasteiger partial charge in [0.25, 0.3) is 0 Å². The van der Waals surface area contributed by atoms with Crippen LogP contribution in [0.4, 0.5) is 19.3 Å². The van der Waals surface area contributed by atoms with Gasteiger partial charge in [0.15, 0.2) is 11.6 Å². The van der Waals surface area contributed by atoms with Crippen LogP contribution in [-0.4, -0.2) is 40.7 Å². The van der Waals surface area contributed by atoms with Gasteiger partial charge in [-0.3, -0.25) is 9.69 Å². The van der Waals surface area contributed by atoms with Crippen molar-refractivity contribution in [2.24, 2.45) is 0 Å². The molecule has 0 spiro atoms. The maximum Gasteiger partial charge on any atom is 0.414 e. The van der Waals surface area contributed by atoms with Gasteiger partial charge in [0.1, 0.15) is 18.6 Å². The molecule has 1 atom stereocenters. The van der Waals surface area contributed by atoms with E-state index < -0.39 is 23.8 Å². The molecule has 7 nitrogen and oxygen atoms in total. The first-order chi connectivity index (χ1) is 12.9. The predicted molar refractivity (Wildman–Crippen MR) is 94.7 cm³/mol. The van der Waals surface area contributed by atoms with Gasteiger partial charge in [-0.1, -0.05) is 11.6 Å². The smallest absolute Gasteiger partial charge is 0.414 e. The van der Waals surface area contributed by atoms with Crippen LogP contribution in [0, 0.1) is 11.6 Å². The summed E-state index contributed by atoms with van der Waals surface area (Å²) in [5.41, 5.74) is 1.31. The van der Waals surface area contributed by atoms with E-state index in [0.29, 0.717) is 5.69 Å². The lowest BCUT2D eigenvalue weighted by Crippen LogP contribution is -2.42. The maximum atomic E-state index is 14.6. The summed E-state index contributed by atoms with van der Waals surface area (Å²) in [4.78, 5) is 28.2. The number of rotatable bonds is 5. The number of aromatic nitrogens is 2. The maximum absolute atomic E-state index is 14.6. The minimum Gasteiger partial charge on any atom is -0.447 e. The molecule has 2 heterocycles. The number of hydrogen-bond acceptors (Lipinski definition) is 4. The Morgan fingerprint density at radius 1 is 1.44 bits per heavy atom. The lowest BCUT2D eigenvalue weighted by atomic mass is 10.2. The quantitative estimate of drug-likeness (QED) is 0.843. The Morgan fingerprint density at radius 2 is 2.15 bits per heavy atom. The van der Waals surface area contributed by atoms with Gasteiger partial charge >= 0.3 is 6.09 Å². The molecule has 0 radical (unpaired) electrons. The summed E-state index contributed by atoms with van der Waals surface area (Å²) in [7, 11) is 0. The van der Waals surface area contributed by atoms with Crippen LogP contribution in [0.15, 0.2) is 30.2 Å². The number of cyclic esters (lactones) is 1. The van der Waals surface area contributed by atoms with Crippen LogP contribution in [0.1, 0.15) is 12.6 Å². The number of halogens is 3. The van der Waals surface area contributed by atoms with Crippen LogP contribution < -0.4 is 10.2 Å². The molecule has 1 unspecified atom stereocenters. The number of carbonyl (C=O) groups is 2. The Kier molecular flexibility index (Phi) is 5.41. The second-order valence-corrected chi connectivity index (χ2v) is 6.05. The van der Waals surface area contributed by atoms with E-state index in [4.69, 9.17) is 16.3 Å². The summed E-state index contributed by atoms with van der Waals surface area (Å²) in [6, 6.07) is 1.49. The molecule has 27 heavy (non-hydrogen) atoms. The van der Waals surface area contributed by atoms with E-state index in [9.17, 15) is 18.4 Å². The van der Waals surface area contributed by atoms with Gasteiger partial charge < -0.3 is 14.6 Å². The Bertz CT molecular complexity index is 892. The minimum absolute atomic E-state index is 0.000254. The standard InChI is InChI=1S/C17H15ClF2N4O3/c1-10(25)21-6-13-8-27-17(26)24(13)12-4-14(19)16(15(20)5-12)23-7-11(2-3-18)22-9-23/h2-5,7,9,13H,6,8H2,1H3,(H,21,25). The molecular weight excluding hydrogens is 382 g/mol. The van der Waals surface area contributed by atoms with E-state index in [1.54, 1.807) is 0 Å². The van der Waals surface area contributed by atoms with Gasteiger partial charge in [0, 0.05) is 37.3 Å². The second-order valence-electron chi connectivity index (χ2n) is 5.79. The van der Waals surface area contributed by atoms with Crippen molar-refractivity contribution in [1.82, 2.24) is 14.9 Å². The van der Waals surface area contributed by atoms with Crippen molar-refractivity contribution in [2.75, 3.05) is 18.1 Å². The van der Waals surface area contributed by atoms with Crippen molar-refractivity contribution in [3.05, 3.63) is 47.5 Å². The highest BCUT2D eigenvalue weighted by atomic mass is 35.5. The lowest BCUT2D eigenvalue weighted by molar-refractivity contribution is -0.119. The van der Waals surface area contributed by atoms with Crippen molar-refractivity contribution in [3.8, 4) is 5.69 Å². The molecule has 1 fully saturated rings. The molecule has 3 rings (SSSR count). The highest BCUT2D eigenvalue weighted by Gasteiger charge is 2.35. The number of amides is 2. The monoisotopic (exact) mass is 396 g/mol. The molecule has 2 amide bonds. The summed E-state index contributed by atoms with van der Waals surface area (Å²) in [5.74, 6) is -2.06. The van der Waals surface area contributed by atoms with Crippen LogP contribution in [0.2, 0.25) is 0 Å². The molecule has 0 aliphatic carbocycles. The highest BCUT2D eigenvalue weighted by molar-refractivity contribution is 6.27. The van der Waals surface area contributed by atoms with Crippen molar-refractivity contribution in [1.29, 1.82) is 0 Å². The van der Waals surface area contributed by atoms with Gasteiger partial charge in [-0.15, -0.1) is 0 Å². The molecule has 1 aliphatic rings. The van der Waals surface area contributed by atoms with Crippen LogP contribution >= 0.6 is 11.6 Å². The first kappa shape index (κ1) is 18.8. The number of hydrogen-bond donors (Lipinski definition) is 1. The van der Waals surface area contributed by atoms with Crippen LogP contribution in [0.25, 0.3) is 11.8 Å². The van der Waals surface area contributed by atoms with Crippen LogP contribution in [-0.2, 0) is 9.53 Å². The third-order valence-electron chi connectivity index (χ3n) is 3.92. The summed E-state index contributed by atoms with van der Waals surface area (Å²) in [6.45, 7) is 1.43. The van der Waals surface area contributed by atoms with Crippen molar-refractivity contribution in [2.45, 2.75) is 13.0 Å². The Balaban J connectivity index is 1.93. The Morgan fingerprint density at radius 3 is 2.78 bits per heavy atom. The highest BCUT2D eigenvalue weighted by Crippen LogP contribution is 2.29. The fourth-order valence-electron chi connectivity index (χ4n) is 2.74. The van der Waals surface area contributed by atoms with Gasteiger partial charge in [-0.25, -0.2) is 18.6 Å². The average molecular weight is 397 g/mol. The number of benzene rings is 1. The molecule has 0 saturated carbocycles. The third kappa shape index (κ3) is 3.92. The topological polar surface area (TPSA) is 76.5 Å². The van der Waals surface area contributed by atoms with Crippen molar-refractivity contribution < 1.29 is 23.1 Å². The number of anilines is 1. The summed E-state index contributed by atoms with van der Waals surface area (Å²) in [5, 5.41) is 2.56. The molecular formula is C17H15ClF2N4O3. The van der Waals surface area contributed by atoms with Gasteiger partial charge in [-0.05, 0) is 6.08 Å². The molecule has 1 N–H and O–H groups in total. The number of imidazole rings is 1. The molecule has 0 bridgehead atoms. The van der Waals surface area contributed by atoms with Gasteiger partial charge in [0.05, 0.1) is 17.4 Å². The molecule has 1 saturated heterocycles. The van der Waals surface area contributed by atoms with E-state index in [2.05, 4.69) is 10.3 Å². The van der Waals surface area contributed by atoms with Crippen LogP contribution in [0.3, 0.4) is 0 Å². The Hall–Kier alpha value is -2.94. The van der Waals surface area contributed by atoms with E-state index in [0.717, 1.165) is 17.0 Å². The summed E-state index contributed by atoms with van der Waals surface area (Å²) in [6.07, 6.45) is 3.38. The van der Waals surface area contributed by atoms with E-state index in [1.807, 2.05) is 0 Å². The van der Waals surface area contributed by atoms with Gasteiger partial charge in [-0.2, -0.15) is 0 Å². The average Bonchev–Trinajstić information content (AvgIpc) is 3.19. The molecule has 1 aliphatic heterocycles. The number of nitrogens with one attached hydrogen (secondary N) is 1. The normalized spacial score (nSPS) is 16.8. The fourth-order valence-corrected chi connectivity index (χ4v) is 2.87.